The lowest BCUT2D eigenvalue weighted by Crippen LogP contribution is -2.43. The van der Waals surface area contributed by atoms with Crippen LogP contribution in [0.15, 0.2) is 36.4 Å². The Morgan fingerprint density at radius 1 is 1.14 bits per heavy atom. The number of amides is 3. The summed E-state index contributed by atoms with van der Waals surface area (Å²) in [6.07, 6.45) is -2.08. The van der Waals surface area contributed by atoms with Crippen molar-refractivity contribution in [1.29, 1.82) is 0 Å². The van der Waals surface area contributed by atoms with E-state index in [1.165, 1.54) is 38.4 Å². The maximum absolute atomic E-state index is 12.8. The first-order valence-corrected chi connectivity index (χ1v) is 10.7. The molecule has 2 aromatic carbocycles. The van der Waals surface area contributed by atoms with Crippen molar-refractivity contribution in [2.45, 2.75) is 6.10 Å². The third-order valence-corrected chi connectivity index (χ3v) is 5.15. The van der Waals surface area contributed by atoms with Gasteiger partial charge < -0.3 is 30.1 Å². The van der Waals surface area contributed by atoms with Gasteiger partial charge in [-0.1, -0.05) is 23.2 Å². The zero-order valence-electron chi connectivity index (χ0n) is 18.6. The molecular formula is C21H22Cl2N4O8. The fourth-order valence-corrected chi connectivity index (χ4v) is 3.11. The third kappa shape index (κ3) is 7.79. The zero-order chi connectivity index (χ0) is 26.3. The summed E-state index contributed by atoms with van der Waals surface area (Å²) in [4.78, 5) is 49.9. The van der Waals surface area contributed by atoms with Crippen LogP contribution in [0.5, 0.6) is 5.75 Å². The highest BCUT2D eigenvalue weighted by Gasteiger charge is 2.22. The lowest BCUT2D eigenvalue weighted by Gasteiger charge is -2.23. The highest BCUT2D eigenvalue weighted by atomic mass is 35.5. The van der Waals surface area contributed by atoms with E-state index in [0.717, 1.165) is 21.9 Å². The van der Waals surface area contributed by atoms with Crippen molar-refractivity contribution < 1.29 is 34.3 Å². The second-order valence-electron chi connectivity index (χ2n) is 7.35. The van der Waals surface area contributed by atoms with Crippen molar-refractivity contribution in [2.24, 2.45) is 0 Å². The summed E-state index contributed by atoms with van der Waals surface area (Å²) < 4.78 is 5.27. The Morgan fingerprint density at radius 2 is 1.83 bits per heavy atom. The van der Waals surface area contributed by atoms with E-state index < -0.39 is 42.1 Å². The average Bonchev–Trinajstić information content (AvgIpc) is 2.80. The Hall–Kier alpha value is -3.45. The Balaban J connectivity index is 2.14. The first-order chi connectivity index (χ1) is 16.4. The SMILES string of the molecule is CN(CC(O)CO)C(=O)CN(C)C(=O)Oc1ccc(Cl)cc1C(=O)Nc1ccc([N+](=O)[O-])cc1Cl. The number of nitro groups is 1. The number of ether oxygens (including phenoxy) is 1. The number of carbonyl (C=O) groups is 3. The minimum Gasteiger partial charge on any atom is -0.409 e. The van der Waals surface area contributed by atoms with Crippen LogP contribution >= 0.6 is 23.2 Å². The van der Waals surface area contributed by atoms with Gasteiger partial charge in [0, 0.05) is 37.8 Å². The van der Waals surface area contributed by atoms with Crippen LogP contribution in [-0.2, 0) is 4.79 Å². The van der Waals surface area contributed by atoms with Gasteiger partial charge in [-0.3, -0.25) is 19.7 Å². The van der Waals surface area contributed by atoms with E-state index in [4.69, 9.17) is 33.0 Å². The van der Waals surface area contributed by atoms with Crippen LogP contribution in [0.3, 0.4) is 0 Å². The second-order valence-corrected chi connectivity index (χ2v) is 8.19. The number of carbonyl (C=O) groups excluding carboxylic acids is 3. The smallest absolute Gasteiger partial charge is 0.409 e. The van der Waals surface area contributed by atoms with Gasteiger partial charge >= 0.3 is 6.09 Å². The molecule has 3 amide bonds. The standard InChI is InChI=1S/C21H22Cl2N4O8/c1-25(9-14(29)11-28)19(30)10-26(2)21(32)35-18-6-3-12(22)7-15(18)20(31)24-17-5-4-13(27(33)34)8-16(17)23/h3-8,14,28-29H,9-11H2,1-2H3,(H,24,31). The summed E-state index contributed by atoms with van der Waals surface area (Å²) in [5, 5.41) is 31.7. The molecule has 2 rings (SSSR count). The van der Waals surface area contributed by atoms with Crippen molar-refractivity contribution in [2.75, 3.05) is 39.1 Å². The van der Waals surface area contributed by atoms with Crippen molar-refractivity contribution >= 4 is 52.5 Å². The zero-order valence-corrected chi connectivity index (χ0v) is 20.1. The summed E-state index contributed by atoms with van der Waals surface area (Å²) in [5.41, 5.74) is -0.321. The Morgan fingerprint density at radius 3 is 2.43 bits per heavy atom. The normalized spacial score (nSPS) is 11.4. The number of anilines is 1. The molecule has 0 bridgehead atoms. The molecule has 188 valence electrons. The molecule has 3 N–H and O–H groups in total. The van der Waals surface area contributed by atoms with Gasteiger partial charge in [0.05, 0.1) is 33.9 Å². The largest absolute Gasteiger partial charge is 0.415 e. The molecule has 0 spiro atoms. The Kier molecular flexibility index (Phi) is 9.78. The Labute approximate surface area is 209 Å². The van der Waals surface area contributed by atoms with Crippen LogP contribution in [0, 0.1) is 10.1 Å². The summed E-state index contributed by atoms with van der Waals surface area (Å²) >= 11 is 12.0. The van der Waals surface area contributed by atoms with E-state index >= 15 is 0 Å². The molecule has 1 atom stereocenters. The summed E-state index contributed by atoms with van der Waals surface area (Å²) in [6.45, 7) is -1.06. The maximum atomic E-state index is 12.8. The molecular weight excluding hydrogens is 507 g/mol. The number of nitrogens with one attached hydrogen (secondary N) is 1. The van der Waals surface area contributed by atoms with Crippen molar-refractivity contribution in [3.8, 4) is 5.75 Å². The van der Waals surface area contributed by atoms with Crippen LogP contribution in [0.25, 0.3) is 0 Å². The number of hydrogen-bond donors (Lipinski definition) is 3. The number of non-ortho nitro benzene ring substituents is 1. The number of hydrogen-bond acceptors (Lipinski definition) is 8. The average molecular weight is 529 g/mol. The lowest BCUT2D eigenvalue weighted by molar-refractivity contribution is -0.384. The molecule has 12 nitrogen and oxygen atoms in total. The minimum atomic E-state index is -1.12. The number of nitrogens with zero attached hydrogens (tertiary/aromatic N) is 3. The van der Waals surface area contributed by atoms with E-state index in [2.05, 4.69) is 5.32 Å². The van der Waals surface area contributed by atoms with Gasteiger partial charge in [-0.25, -0.2) is 4.79 Å². The predicted octanol–water partition coefficient (Wildman–Crippen LogP) is 2.40. The molecule has 0 fully saturated rings. The van der Waals surface area contributed by atoms with Crippen molar-refractivity contribution in [3.05, 3.63) is 62.1 Å². The molecule has 0 aromatic heterocycles. The van der Waals surface area contributed by atoms with Gasteiger partial charge in [-0.15, -0.1) is 0 Å². The molecule has 0 saturated carbocycles. The minimum absolute atomic E-state index is 0.0790. The quantitative estimate of drug-likeness (QED) is 0.330. The van der Waals surface area contributed by atoms with E-state index in [1.807, 2.05) is 0 Å². The first-order valence-electron chi connectivity index (χ1n) is 9.93. The predicted molar refractivity (Wildman–Crippen MR) is 127 cm³/mol. The van der Waals surface area contributed by atoms with Crippen LogP contribution < -0.4 is 10.1 Å². The van der Waals surface area contributed by atoms with Gasteiger partial charge in [-0.2, -0.15) is 0 Å². The first kappa shape index (κ1) is 27.8. The monoisotopic (exact) mass is 528 g/mol. The number of aliphatic hydroxyl groups excluding tert-OH is 2. The van der Waals surface area contributed by atoms with E-state index in [-0.39, 0.29) is 39.3 Å². The summed E-state index contributed by atoms with van der Waals surface area (Å²) in [5.74, 6) is -1.46. The van der Waals surface area contributed by atoms with Crippen LogP contribution in [-0.4, -0.2) is 82.7 Å². The molecule has 0 aliphatic rings. The molecule has 0 aliphatic carbocycles. The molecule has 0 saturated heterocycles. The summed E-state index contributed by atoms with van der Waals surface area (Å²) in [7, 11) is 2.69. The van der Waals surface area contributed by atoms with Gasteiger partial charge in [-0.05, 0) is 24.3 Å². The van der Waals surface area contributed by atoms with Crippen molar-refractivity contribution in [3.63, 3.8) is 0 Å². The lowest BCUT2D eigenvalue weighted by atomic mass is 10.1. The van der Waals surface area contributed by atoms with E-state index in [1.54, 1.807) is 0 Å². The highest BCUT2D eigenvalue weighted by Crippen LogP contribution is 2.29. The van der Waals surface area contributed by atoms with Gasteiger partial charge in [0.2, 0.25) is 5.91 Å². The van der Waals surface area contributed by atoms with Gasteiger partial charge in [0.1, 0.15) is 12.3 Å². The molecule has 1 unspecified atom stereocenters. The van der Waals surface area contributed by atoms with Gasteiger partial charge in [0.25, 0.3) is 11.6 Å². The fourth-order valence-electron chi connectivity index (χ4n) is 2.71. The van der Waals surface area contributed by atoms with Crippen LogP contribution in [0.2, 0.25) is 10.0 Å². The van der Waals surface area contributed by atoms with E-state index in [0.29, 0.717) is 0 Å². The van der Waals surface area contributed by atoms with Gasteiger partial charge in [0.15, 0.2) is 0 Å². The highest BCUT2D eigenvalue weighted by molar-refractivity contribution is 6.34. The second kappa shape index (κ2) is 12.3. The molecule has 14 heteroatoms. The van der Waals surface area contributed by atoms with Crippen LogP contribution in [0.1, 0.15) is 10.4 Å². The Bertz CT molecular complexity index is 1130. The number of likely N-dealkylation sites (N-methyl/N-ethyl adjacent to an activating group) is 2. The maximum Gasteiger partial charge on any atom is 0.415 e. The van der Waals surface area contributed by atoms with Crippen molar-refractivity contribution in [1.82, 2.24) is 9.80 Å². The number of rotatable bonds is 9. The number of benzene rings is 2. The molecule has 2 aromatic rings. The number of aliphatic hydroxyl groups is 2. The third-order valence-electron chi connectivity index (χ3n) is 4.60. The van der Waals surface area contributed by atoms with Crippen LogP contribution in [0.4, 0.5) is 16.2 Å². The van der Waals surface area contributed by atoms with E-state index in [9.17, 15) is 29.6 Å². The number of nitro benzene ring substituents is 1. The summed E-state index contributed by atoms with van der Waals surface area (Å²) in [6, 6.07) is 7.38. The molecule has 0 radical (unpaired) electrons. The molecule has 35 heavy (non-hydrogen) atoms. The topological polar surface area (TPSA) is 163 Å². The molecule has 0 aliphatic heterocycles. The fraction of sp³-hybridized carbons (Fsp3) is 0.286. The molecule has 0 heterocycles. The number of halogens is 2.